The number of ether oxygens (including phenoxy) is 1. The maximum atomic E-state index is 11.8. The van der Waals surface area contributed by atoms with Crippen LogP contribution in [-0.4, -0.2) is 49.0 Å². The van der Waals surface area contributed by atoms with E-state index in [4.69, 9.17) is 4.74 Å². The smallest absolute Gasteiger partial charge is 0.222 e. The van der Waals surface area contributed by atoms with Gasteiger partial charge >= 0.3 is 0 Å². The van der Waals surface area contributed by atoms with E-state index in [0.29, 0.717) is 19.4 Å². The number of hydrogen-bond acceptors (Lipinski definition) is 4. The zero-order valence-corrected chi connectivity index (χ0v) is 10.2. The Hall–Kier alpha value is -0.650. The molecule has 3 unspecified atom stereocenters. The molecule has 0 spiro atoms. The van der Waals surface area contributed by atoms with Gasteiger partial charge in [0.05, 0.1) is 25.2 Å². The first kappa shape index (κ1) is 12.8. The lowest BCUT2D eigenvalue weighted by atomic mass is 9.93. The fourth-order valence-corrected chi connectivity index (χ4v) is 2.54. The molecule has 2 aliphatic rings. The van der Waals surface area contributed by atoms with Crippen molar-refractivity contribution >= 4 is 5.91 Å². The second-order valence-electron chi connectivity index (χ2n) is 4.99. The minimum absolute atomic E-state index is 0.00253. The Morgan fingerprint density at radius 3 is 3.06 bits per heavy atom. The first-order chi connectivity index (χ1) is 8.24. The number of rotatable bonds is 3. The van der Waals surface area contributed by atoms with E-state index >= 15 is 0 Å². The zero-order chi connectivity index (χ0) is 12.1. The lowest BCUT2D eigenvalue weighted by Crippen LogP contribution is -2.44. The van der Waals surface area contributed by atoms with Crippen molar-refractivity contribution in [1.82, 2.24) is 10.6 Å². The first-order valence-corrected chi connectivity index (χ1v) is 6.54. The number of nitrogens with one attached hydrogen (secondary N) is 2. The molecule has 0 aromatic rings. The fourth-order valence-electron chi connectivity index (χ4n) is 2.54. The molecule has 2 fully saturated rings. The van der Waals surface area contributed by atoms with Gasteiger partial charge in [-0.2, -0.15) is 0 Å². The van der Waals surface area contributed by atoms with Crippen molar-refractivity contribution in [2.45, 2.75) is 50.4 Å². The number of aliphatic hydroxyl groups excluding tert-OH is 1. The number of aliphatic hydroxyl groups is 1. The van der Waals surface area contributed by atoms with E-state index in [1.165, 1.54) is 0 Å². The van der Waals surface area contributed by atoms with Crippen molar-refractivity contribution in [2.75, 3.05) is 19.7 Å². The molecular weight excluding hydrogens is 220 g/mol. The lowest BCUT2D eigenvalue weighted by molar-refractivity contribution is -0.125. The molecule has 0 radical (unpaired) electrons. The van der Waals surface area contributed by atoms with Crippen LogP contribution < -0.4 is 10.6 Å². The Morgan fingerprint density at radius 2 is 2.35 bits per heavy atom. The highest BCUT2D eigenvalue weighted by Crippen LogP contribution is 2.18. The van der Waals surface area contributed by atoms with Crippen molar-refractivity contribution in [1.29, 1.82) is 0 Å². The quantitative estimate of drug-likeness (QED) is 0.640. The van der Waals surface area contributed by atoms with E-state index < -0.39 is 0 Å². The SMILES string of the molecule is O=C(CC1CNCCO1)NC1CCCC(O)C1. The number of carbonyl (C=O) groups excluding carboxylic acids is 1. The molecule has 1 aliphatic carbocycles. The summed E-state index contributed by atoms with van der Waals surface area (Å²) in [6, 6.07) is 0.141. The Kier molecular flexibility index (Phi) is 4.76. The van der Waals surface area contributed by atoms with Crippen LogP contribution in [0, 0.1) is 0 Å². The van der Waals surface area contributed by atoms with E-state index in [1.807, 2.05) is 0 Å². The highest BCUT2D eigenvalue weighted by molar-refractivity contribution is 5.76. The molecule has 2 rings (SSSR count). The van der Waals surface area contributed by atoms with Crippen LogP contribution in [0.5, 0.6) is 0 Å². The van der Waals surface area contributed by atoms with Gasteiger partial charge in [0.25, 0.3) is 0 Å². The van der Waals surface area contributed by atoms with Crippen LogP contribution in [-0.2, 0) is 9.53 Å². The topological polar surface area (TPSA) is 70.6 Å². The molecule has 1 saturated carbocycles. The zero-order valence-electron chi connectivity index (χ0n) is 10.2. The molecule has 5 heteroatoms. The summed E-state index contributed by atoms with van der Waals surface area (Å²) >= 11 is 0. The van der Waals surface area contributed by atoms with Crippen molar-refractivity contribution in [3.63, 3.8) is 0 Å². The highest BCUT2D eigenvalue weighted by atomic mass is 16.5. The fraction of sp³-hybridized carbons (Fsp3) is 0.917. The lowest BCUT2D eigenvalue weighted by Gasteiger charge is -2.28. The summed E-state index contributed by atoms with van der Waals surface area (Å²) in [5.74, 6) is 0.0396. The average molecular weight is 242 g/mol. The Balaban J connectivity index is 1.68. The molecule has 17 heavy (non-hydrogen) atoms. The predicted octanol–water partition coefficient (Wildman–Crippen LogP) is -0.215. The summed E-state index contributed by atoms with van der Waals surface area (Å²) in [7, 11) is 0. The highest BCUT2D eigenvalue weighted by Gasteiger charge is 2.23. The van der Waals surface area contributed by atoms with Crippen LogP contribution >= 0.6 is 0 Å². The van der Waals surface area contributed by atoms with Gasteiger partial charge in [0.1, 0.15) is 0 Å². The van der Waals surface area contributed by atoms with Gasteiger partial charge in [-0.05, 0) is 25.7 Å². The molecule has 3 N–H and O–H groups in total. The van der Waals surface area contributed by atoms with Crippen LogP contribution in [0.3, 0.4) is 0 Å². The van der Waals surface area contributed by atoms with Crippen LogP contribution in [0.25, 0.3) is 0 Å². The van der Waals surface area contributed by atoms with Crippen molar-refractivity contribution in [3.8, 4) is 0 Å². The van der Waals surface area contributed by atoms with Gasteiger partial charge in [0, 0.05) is 19.1 Å². The van der Waals surface area contributed by atoms with E-state index in [-0.39, 0.29) is 24.2 Å². The third-order valence-electron chi connectivity index (χ3n) is 3.43. The molecule has 1 amide bonds. The van der Waals surface area contributed by atoms with Crippen LogP contribution in [0.1, 0.15) is 32.1 Å². The number of morpholine rings is 1. The van der Waals surface area contributed by atoms with Crippen molar-refractivity contribution in [2.24, 2.45) is 0 Å². The number of amides is 1. The Labute approximate surface area is 102 Å². The van der Waals surface area contributed by atoms with Crippen molar-refractivity contribution < 1.29 is 14.6 Å². The predicted molar refractivity (Wildman–Crippen MR) is 63.6 cm³/mol. The third kappa shape index (κ3) is 4.26. The molecule has 3 atom stereocenters. The molecular formula is C12H22N2O3. The summed E-state index contributed by atoms with van der Waals surface area (Å²) in [5.41, 5.74) is 0. The van der Waals surface area contributed by atoms with E-state index in [9.17, 15) is 9.90 Å². The summed E-state index contributed by atoms with van der Waals surface area (Å²) in [4.78, 5) is 11.8. The Morgan fingerprint density at radius 1 is 1.47 bits per heavy atom. The molecule has 98 valence electrons. The van der Waals surface area contributed by atoms with Crippen LogP contribution in [0.15, 0.2) is 0 Å². The average Bonchev–Trinajstić information content (AvgIpc) is 2.30. The van der Waals surface area contributed by atoms with Crippen molar-refractivity contribution in [3.05, 3.63) is 0 Å². The minimum Gasteiger partial charge on any atom is -0.393 e. The first-order valence-electron chi connectivity index (χ1n) is 6.54. The van der Waals surface area contributed by atoms with E-state index in [2.05, 4.69) is 10.6 Å². The second kappa shape index (κ2) is 6.33. The summed E-state index contributed by atoms with van der Waals surface area (Å²) in [6.07, 6.45) is 3.69. The van der Waals surface area contributed by atoms with Gasteiger partial charge in [-0.3, -0.25) is 4.79 Å². The maximum Gasteiger partial charge on any atom is 0.222 e. The molecule has 0 aromatic heterocycles. The maximum absolute atomic E-state index is 11.8. The second-order valence-corrected chi connectivity index (χ2v) is 4.99. The monoisotopic (exact) mass is 242 g/mol. The molecule has 0 aromatic carbocycles. The summed E-state index contributed by atoms with van der Waals surface area (Å²) < 4.78 is 5.49. The van der Waals surface area contributed by atoms with E-state index in [0.717, 1.165) is 32.4 Å². The number of hydrogen-bond donors (Lipinski definition) is 3. The van der Waals surface area contributed by atoms with Gasteiger partial charge < -0.3 is 20.5 Å². The molecule has 1 heterocycles. The molecule has 5 nitrogen and oxygen atoms in total. The normalized spacial score (nSPS) is 34.3. The van der Waals surface area contributed by atoms with Gasteiger partial charge in [-0.15, -0.1) is 0 Å². The van der Waals surface area contributed by atoms with Gasteiger partial charge in [0.15, 0.2) is 0 Å². The summed E-state index contributed by atoms with van der Waals surface area (Å²) in [6.45, 7) is 2.30. The molecule has 1 saturated heterocycles. The minimum atomic E-state index is -0.248. The van der Waals surface area contributed by atoms with Gasteiger partial charge in [-0.25, -0.2) is 0 Å². The van der Waals surface area contributed by atoms with Crippen LogP contribution in [0.4, 0.5) is 0 Å². The molecule has 0 bridgehead atoms. The molecule has 1 aliphatic heterocycles. The Bertz CT molecular complexity index is 254. The van der Waals surface area contributed by atoms with E-state index in [1.54, 1.807) is 0 Å². The van der Waals surface area contributed by atoms with Crippen LogP contribution in [0.2, 0.25) is 0 Å². The summed E-state index contributed by atoms with van der Waals surface area (Å²) in [5, 5.41) is 15.7. The van der Waals surface area contributed by atoms with Gasteiger partial charge in [-0.1, -0.05) is 0 Å². The standard InChI is InChI=1S/C12H22N2O3/c15-10-3-1-2-9(6-10)14-12(16)7-11-8-13-4-5-17-11/h9-11,13,15H,1-8H2,(H,14,16). The third-order valence-corrected chi connectivity index (χ3v) is 3.43. The largest absolute Gasteiger partial charge is 0.393 e. The number of carbonyl (C=O) groups is 1. The van der Waals surface area contributed by atoms with Gasteiger partial charge in [0.2, 0.25) is 5.91 Å².